The highest BCUT2D eigenvalue weighted by molar-refractivity contribution is 5.77. The average molecular weight is 336 g/mol. The summed E-state index contributed by atoms with van der Waals surface area (Å²) in [5.74, 6) is 1.14. The summed E-state index contributed by atoms with van der Waals surface area (Å²) in [6.07, 6.45) is 0. The van der Waals surface area contributed by atoms with Gasteiger partial charge in [0.2, 0.25) is 5.91 Å². The lowest BCUT2D eigenvalue weighted by Crippen LogP contribution is -2.41. The Morgan fingerprint density at radius 3 is 2.75 bits per heavy atom. The Morgan fingerprint density at radius 2 is 2.00 bits per heavy atom. The molecule has 2 rings (SSSR count). The van der Waals surface area contributed by atoms with Gasteiger partial charge in [-0.25, -0.2) is 0 Å². The van der Waals surface area contributed by atoms with Crippen LogP contribution in [0.3, 0.4) is 0 Å². The van der Waals surface area contributed by atoms with Gasteiger partial charge in [0.1, 0.15) is 19.0 Å². The van der Waals surface area contributed by atoms with Crippen molar-refractivity contribution in [1.82, 2.24) is 10.2 Å². The van der Waals surface area contributed by atoms with Crippen LogP contribution in [0.2, 0.25) is 0 Å². The largest absolute Gasteiger partial charge is 0.491 e. The molecule has 24 heavy (non-hydrogen) atoms. The molecular weight excluding hydrogens is 308 g/mol. The summed E-state index contributed by atoms with van der Waals surface area (Å²) in [6.45, 7) is 8.25. The summed E-state index contributed by atoms with van der Waals surface area (Å²) in [5.41, 5.74) is 0. The molecule has 1 aromatic rings. The van der Waals surface area contributed by atoms with E-state index < -0.39 is 0 Å². The molecule has 1 fully saturated rings. The predicted molar refractivity (Wildman–Crippen MR) is 92.2 cm³/mol. The number of amides is 1. The number of carbonyl (C=O) groups excluding carboxylic acids is 1. The van der Waals surface area contributed by atoms with Crippen LogP contribution in [0, 0.1) is 5.92 Å². The van der Waals surface area contributed by atoms with Gasteiger partial charge in [-0.2, -0.15) is 0 Å². The molecule has 0 saturated carbocycles. The molecule has 0 bridgehead atoms. The third kappa shape index (κ3) is 7.77. The second kappa shape index (κ2) is 11.0. The van der Waals surface area contributed by atoms with E-state index in [0.29, 0.717) is 25.7 Å². The second-order valence-corrected chi connectivity index (χ2v) is 6.04. The standard InChI is InChI=1S/C18H28N2O4/c1-16(14-20-7-9-22-10-8-20)13-19-18(21)15-23-11-12-24-17-5-3-2-4-6-17/h2-6,16H,7-15H2,1H3,(H,19,21)/t16-/m1/s1. The Labute approximate surface area is 144 Å². The number of carbonyl (C=O) groups is 1. The minimum absolute atomic E-state index is 0.0718. The van der Waals surface area contributed by atoms with E-state index in [0.717, 1.165) is 38.6 Å². The molecule has 6 heteroatoms. The quantitative estimate of drug-likeness (QED) is 0.650. The third-order valence-corrected chi connectivity index (χ3v) is 3.79. The maximum absolute atomic E-state index is 11.8. The van der Waals surface area contributed by atoms with Gasteiger partial charge in [0, 0.05) is 26.2 Å². The third-order valence-electron chi connectivity index (χ3n) is 3.79. The molecule has 0 radical (unpaired) electrons. The molecule has 1 amide bonds. The second-order valence-electron chi connectivity index (χ2n) is 6.04. The molecule has 1 atom stereocenters. The van der Waals surface area contributed by atoms with Crippen molar-refractivity contribution in [1.29, 1.82) is 0 Å². The van der Waals surface area contributed by atoms with Crippen molar-refractivity contribution in [2.24, 2.45) is 5.92 Å². The van der Waals surface area contributed by atoms with E-state index in [1.807, 2.05) is 30.3 Å². The lowest BCUT2D eigenvalue weighted by atomic mass is 10.1. The van der Waals surface area contributed by atoms with Gasteiger partial charge in [-0.15, -0.1) is 0 Å². The molecule has 0 aromatic heterocycles. The van der Waals surface area contributed by atoms with Crippen molar-refractivity contribution in [2.45, 2.75) is 6.92 Å². The van der Waals surface area contributed by atoms with E-state index in [-0.39, 0.29) is 12.5 Å². The van der Waals surface area contributed by atoms with Crippen molar-refractivity contribution in [3.63, 3.8) is 0 Å². The summed E-state index contributed by atoms with van der Waals surface area (Å²) >= 11 is 0. The van der Waals surface area contributed by atoms with E-state index in [4.69, 9.17) is 14.2 Å². The first-order chi connectivity index (χ1) is 11.7. The van der Waals surface area contributed by atoms with Gasteiger partial charge in [0.25, 0.3) is 0 Å². The van der Waals surface area contributed by atoms with Gasteiger partial charge in [-0.3, -0.25) is 9.69 Å². The maximum atomic E-state index is 11.8. The summed E-state index contributed by atoms with van der Waals surface area (Å²) in [7, 11) is 0. The highest BCUT2D eigenvalue weighted by atomic mass is 16.5. The number of nitrogens with one attached hydrogen (secondary N) is 1. The zero-order valence-electron chi connectivity index (χ0n) is 14.4. The zero-order valence-corrected chi connectivity index (χ0v) is 14.4. The Kier molecular flexibility index (Phi) is 8.59. The number of hydrogen-bond donors (Lipinski definition) is 1. The monoisotopic (exact) mass is 336 g/mol. The van der Waals surface area contributed by atoms with E-state index in [9.17, 15) is 4.79 Å². The molecular formula is C18H28N2O4. The van der Waals surface area contributed by atoms with Crippen LogP contribution < -0.4 is 10.1 Å². The molecule has 0 spiro atoms. The highest BCUT2D eigenvalue weighted by Gasteiger charge is 2.14. The number of ether oxygens (including phenoxy) is 3. The first kappa shape index (κ1) is 18.7. The topological polar surface area (TPSA) is 60.0 Å². The van der Waals surface area contributed by atoms with E-state index in [1.54, 1.807) is 0 Å². The molecule has 1 aromatic carbocycles. The number of benzene rings is 1. The fraction of sp³-hybridized carbons (Fsp3) is 0.611. The Morgan fingerprint density at radius 1 is 1.25 bits per heavy atom. The van der Waals surface area contributed by atoms with Crippen molar-refractivity contribution >= 4 is 5.91 Å². The SMILES string of the molecule is C[C@H](CNC(=O)COCCOc1ccccc1)CN1CCOCC1. The van der Waals surface area contributed by atoms with Gasteiger partial charge in [0.05, 0.1) is 19.8 Å². The average Bonchev–Trinajstić information content (AvgIpc) is 2.61. The zero-order chi connectivity index (χ0) is 17.0. The van der Waals surface area contributed by atoms with Crippen molar-refractivity contribution in [2.75, 3.05) is 59.2 Å². The molecule has 1 heterocycles. The maximum Gasteiger partial charge on any atom is 0.246 e. The molecule has 1 aliphatic rings. The van der Waals surface area contributed by atoms with Gasteiger partial charge in [-0.1, -0.05) is 25.1 Å². The molecule has 6 nitrogen and oxygen atoms in total. The van der Waals surface area contributed by atoms with Crippen LogP contribution in [0.5, 0.6) is 5.75 Å². The van der Waals surface area contributed by atoms with Gasteiger partial charge in [0.15, 0.2) is 0 Å². The molecule has 1 saturated heterocycles. The Hall–Kier alpha value is -1.63. The van der Waals surface area contributed by atoms with Crippen molar-refractivity contribution in [3.05, 3.63) is 30.3 Å². The van der Waals surface area contributed by atoms with Gasteiger partial charge in [-0.05, 0) is 18.1 Å². The Balaban J connectivity index is 1.47. The molecule has 134 valence electrons. The molecule has 1 N–H and O–H groups in total. The summed E-state index contributed by atoms with van der Waals surface area (Å²) in [5, 5.41) is 2.92. The minimum Gasteiger partial charge on any atom is -0.491 e. The lowest BCUT2D eigenvalue weighted by molar-refractivity contribution is -0.126. The predicted octanol–water partition coefficient (Wildman–Crippen LogP) is 1.17. The van der Waals surface area contributed by atoms with Crippen LogP contribution in [0.1, 0.15) is 6.92 Å². The summed E-state index contributed by atoms with van der Waals surface area (Å²) < 4.78 is 16.2. The van der Waals surface area contributed by atoms with Crippen molar-refractivity contribution < 1.29 is 19.0 Å². The van der Waals surface area contributed by atoms with Gasteiger partial charge >= 0.3 is 0 Å². The van der Waals surface area contributed by atoms with Crippen LogP contribution in [0.15, 0.2) is 30.3 Å². The summed E-state index contributed by atoms with van der Waals surface area (Å²) in [6, 6.07) is 9.56. The highest BCUT2D eigenvalue weighted by Crippen LogP contribution is 2.07. The number of hydrogen-bond acceptors (Lipinski definition) is 5. The van der Waals surface area contributed by atoms with Crippen LogP contribution in [-0.2, 0) is 14.3 Å². The molecule has 1 aliphatic heterocycles. The van der Waals surface area contributed by atoms with E-state index >= 15 is 0 Å². The first-order valence-electron chi connectivity index (χ1n) is 8.56. The normalized spacial score (nSPS) is 16.5. The van der Waals surface area contributed by atoms with E-state index in [1.165, 1.54) is 0 Å². The fourth-order valence-corrected chi connectivity index (χ4v) is 2.53. The number of morpholine rings is 1. The number of para-hydroxylation sites is 1. The van der Waals surface area contributed by atoms with Crippen LogP contribution in [0.4, 0.5) is 0 Å². The summed E-state index contributed by atoms with van der Waals surface area (Å²) in [4.78, 5) is 14.1. The van der Waals surface area contributed by atoms with E-state index in [2.05, 4.69) is 17.1 Å². The van der Waals surface area contributed by atoms with Crippen LogP contribution in [-0.4, -0.2) is 70.0 Å². The smallest absolute Gasteiger partial charge is 0.246 e. The minimum atomic E-state index is -0.0801. The lowest BCUT2D eigenvalue weighted by Gasteiger charge is -2.29. The Bertz CT molecular complexity index is 463. The first-order valence-corrected chi connectivity index (χ1v) is 8.56. The number of nitrogens with zero attached hydrogens (tertiary/aromatic N) is 1. The van der Waals surface area contributed by atoms with Crippen LogP contribution >= 0.6 is 0 Å². The van der Waals surface area contributed by atoms with Crippen LogP contribution in [0.25, 0.3) is 0 Å². The molecule has 0 aliphatic carbocycles. The van der Waals surface area contributed by atoms with Crippen molar-refractivity contribution in [3.8, 4) is 5.75 Å². The molecule has 0 unspecified atom stereocenters. The fourth-order valence-electron chi connectivity index (χ4n) is 2.53. The van der Waals surface area contributed by atoms with Gasteiger partial charge < -0.3 is 19.5 Å². The number of rotatable bonds is 10.